The van der Waals surface area contributed by atoms with Gasteiger partial charge in [-0.2, -0.15) is 0 Å². The van der Waals surface area contributed by atoms with Gasteiger partial charge in [-0.3, -0.25) is 9.36 Å². The van der Waals surface area contributed by atoms with Crippen molar-refractivity contribution in [2.24, 2.45) is 5.92 Å². The van der Waals surface area contributed by atoms with Crippen LogP contribution >= 0.6 is 11.8 Å². The number of hydrogen-bond acceptors (Lipinski definition) is 5. The number of methoxy groups -OCH3 is 1. The van der Waals surface area contributed by atoms with Gasteiger partial charge in [-0.1, -0.05) is 18.7 Å². The summed E-state index contributed by atoms with van der Waals surface area (Å²) >= 11 is 1.32. The molecule has 0 atom stereocenters. The highest BCUT2D eigenvalue weighted by Gasteiger charge is 2.21. The first kappa shape index (κ1) is 17.1. The van der Waals surface area contributed by atoms with Crippen molar-refractivity contribution in [3.63, 3.8) is 0 Å². The van der Waals surface area contributed by atoms with Gasteiger partial charge in [0.2, 0.25) is 5.91 Å². The van der Waals surface area contributed by atoms with E-state index in [9.17, 15) is 9.59 Å². The number of H-pyrrole nitrogens is 1. The molecule has 124 valence electrons. The second-order valence-corrected chi connectivity index (χ2v) is 6.60. The van der Waals surface area contributed by atoms with Crippen LogP contribution in [0.2, 0.25) is 0 Å². The lowest BCUT2D eigenvalue weighted by Crippen LogP contribution is -2.39. The van der Waals surface area contributed by atoms with E-state index < -0.39 is 0 Å². The van der Waals surface area contributed by atoms with E-state index in [1.807, 2.05) is 4.90 Å². The van der Waals surface area contributed by atoms with Gasteiger partial charge in [0.1, 0.15) is 0 Å². The molecule has 1 N–H and O–H groups in total. The molecule has 1 aliphatic rings. The molecule has 0 aliphatic carbocycles. The van der Waals surface area contributed by atoms with Crippen LogP contribution in [0.15, 0.2) is 9.95 Å². The van der Waals surface area contributed by atoms with Crippen LogP contribution in [0.3, 0.4) is 0 Å². The summed E-state index contributed by atoms with van der Waals surface area (Å²) in [4.78, 5) is 25.8. The second kappa shape index (κ2) is 8.38. The predicted octanol–water partition coefficient (Wildman–Crippen LogP) is 0.959. The number of rotatable bonds is 7. The molecule has 0 bridgehead atoms. The van der Waals surface area contributed by atoms with Crippen LogP contribution in [-0.2, 0) is 16.1 Å². The summed E-state index contributed by atoms with van der Waals surface area (Å²) in [5, 5.41) is 7.01. The molecule has 0 unspecified atom stereocenters. The van der Waals surface area contributed by atoms with Gasteiger partial charge < -0.3 is 9.64 Å². The Morgan fingerprint density at radius 1 is 1.45 bits per heavy atom. The summed E-state index contributed by atoms with van der Waals surface area (Å²) in [6.07, 6.45) is 2.88. The number of ether oxygens (including phenoxy) is 1. The van der Waals surface area contributed by atoms with Crippen LogP contribution in [0.5, 0.6) is 0 Å². The average Bonchev–Trinajstić information content (AvgIpc) is 2.86. The SMILES string of the molecule is COCCCn1c(SCC(=O)N2CCC(C)CC2)n[nH]c1=O. The standard InChI is InChI=1S/C14H24N4O3S/c1-11-4-7-17(8-5-11)12(19)10-22-14-16-15-13(20)18(14)6-3-9-21-2/h11H,3-10H2,1-2H3,(H,15,20). The zero-order chi connectivity index (χ0) is 15.9. The fourth-order valence-electron chi connectivity index (χ4n) is 2.45. The zero-order valence-corrected chi connectivity index (χ0v) is 14.0. The van der Waals surface area contributed by atoms with Crippen molar-refractivity contribution < 1.29 is 9.53 Å². The Morgan fingerprint density at radius 3 is 2.86 bits per heavy atom. The van der Waals surface area contributed by atoms with Gasteiger partial charge in [0.05, 0.1) is 5.75 Å². The molecule has 0 spiro atoms. The zero-order valence-electron chi connectivity index (χ0n) is 13.2. The number of aromatic amines is 1. The fraction of sp³-hybridized carbons (Fsp3) is 0.786. The molecule has 2 heterocycles. The fourth-order valence-corrected chi connectivity index (χ4v) is 3.33. The van der Waals surface area contributed by atoms with E-state index >= 15 is 0 Å². The van der Waals surface area contributed by atoms with E-state index in [0.29, 0.717) is 30.0 Å². The van der Waals surface area contributed by atoms with E-state index in [2.05, 4.69) is 17.1 Å². The van der Waals surface area contributed by atoms with Crippen molar-refractivity contribution in [1.82, 2.24) is 19.7 Å². The minimum atomic E-state index is -0.238. The maximum absolute atomic E-state index is 12.2. The molecule has 7 nitrogen and oxygen atoms in total. The molecular weight excluding hydrogens is 304 g/mol. The first-order valence-corrected chi connectivity index (χ1v) is 8.65. The van der Waals surface area contributed by atoms with Gasteiger partial charge >= 0.3 is 5.69 Å². The van der Waals surface area contributed by atoms with Crippen LogP contribution in [0.25, 0.3) is 0 Å². The normalized spacial score (nSPS) is 16.2. The van der Waals surface area contributed by atoms with Crippen molar-refractivity contribution >= 4 is 17.7 Å². The second-order valence-electron chi connectivity index (χ2n) is 5.66. The van der Waals surface area contributed by atoms with E-state index in [0.717, 1.165) is 32.4 Å². The molecule has 0 radical (unpaired) electrons. The van der Waals surface area contributed by atoms with E-state index in [1.165, 1.54) is 11.8 Å². The van der Waals surface area contributed by atoms with Gasteiger partial charge in [-0.05, 0) is 25.2 Å². The number of carbonyl (C=O) groups excluding carboxylic acids is 1. The molecule has 1 saturated heterocycles. The molecule has 1 aromatic heterocycles. The topological polar surface area (TPSA) is 80.2 Å². The molecule has 1 amide bonds. The maximum atomic E-state index is 12.2. The number of aromatic nitrogens is 3. The monoisotopic (exact) mass is 328 g/mol. The Morgan fingerprint density at radius 2 is 2.18 bits per heavy atom. The van der Waals surface area contributed by atoms with E-state index in [4.69, 9.17) is 4.74 Å². The number of hydrogen-bond donors (Lipinski definition) is 1. The first-order valence-electron chi connectivity index (χ1n) is 7.66. The van der Waals surface area contributed by atoms with Gasteiger partial charge in [0, 0.05) is 33.4 Å². The lowest BCUT2D eigenvalue weighted by Gasteiger charge is -2.30. The molecule has 22 heavy (non-hydrogen) atoms. The Labute approximate surface area is 134 Å². The number of nitrogens with zero attached hydrogens (tertiary/aromatic N) is 3. The Hall–Kier alpha value is -1.28. The third-order valence-corrected chi connectivity index (χ3v) is 4.88. The molecule has 0 aromatic carbocycles. The molecule has 1 aromatic rings. The largest absolute Gasteiger partial charge is 0.385 e. The third-order valence-electron chi connectivity index (χ3n) is 3.91. The van der Waals surface area contributed by atoms with Crippen LogP contribution in [0.1, 0.15) is 26.2 Å². The summed E-state index contributed by atoms with van der Waals surface area (Å²) in [7, 11) is 1.63. The number of amides is 1. The minimum Gasteiger partial charge on any atom is -0.385 e. The highest BCUT2D eigenvalue weighted by Crippen LogP contribution is 2.19. The van der Waals surface area contributed by atoms with Crippen molar-refractivity contribution in [2.45, 2.75) is 37.9 Å². The Bertz CT molecular complexity index is 534. The molecule has 1 fully saturated rings. The van der Waals surface area contributed by atoms with Crippen LogP contribution in [0, 0.1) is 5.92 Å². The predicted molar refractivity (Wildman–Crippen MR) is 85.0 cm³/mol. The molecule has 2 rings (SSSR count). The van der Waals surface area contributed by atoms with Crippen LogP contribution < -0.4 is 5.69 Å². The van der Waals surface area contributed by atoms with Gasteiger partial charge in [0.25, 0.3) is 0 Å². The van der Waals surface area contributed by atoms with Crippen LogP contribution in [-0.4, -0.2) is 58.1 Å². The highest BCUT2D eigenvalue weighted by atomic mass is 32.2. The van der Waals surface area contributed by atoms with Crippen molar-refractivity contribution in [1.29, 1.82) is 0 Å². The Balaban J connectivity index is 1.86. The Kier molecular flexibility index (Phi) is 6.50. The summed E-state index contributed by atoms with van der Waals surface area (Å²) in [6.45, 7) is 5.02. The minimum absolute atomic E-state index is 0.121. The molecule has 8 heteroatoms. The number of thioether (sulfide) groups is 1. The number of likely N-dealkylation sites (tertiary alicyclic amines) is 1. The van der Waals surface area contributed by atoms with Gasteiger partial charge in [0.15, 0.2) is 5.16 Å². The van der Waals surface area contributed by atoms with E-state index in [-0.39, 0.29) is 11.6 Å². The average molecular weight is 328 g/mol. The number of nitrogens with one attached hydrogen (secondary N) is 1. The molecular formula is C14H24N4O3S. The first-order chi connectivity index (χ1) is 10.6. The van der Waals surface area contributed by atoms with Gasteiger partial charge in [-0.25, -0.2) is 9.89 Å². The van der Waals surface area contributed by atoms with Crippen molar-refractivity contribution in [2.75, 3.05) is 32.6 Å². The third kappa shape index (κ3) is 4.61. The summed E-state index contributed by atoms with van der Waals surface area (Å²) in [5.74, 6) is 1.15. The molecule has 1 aliphatic heterocycles. The van der Waals surface area contributed by atoms with Crippen LogP contribution in [0.4, 0.5) is 0 Å². The lowest BCUT2D eigenvalue weighted by molar-refractivity contribution is -0.129. The van der Waals surface area contributed by atoms with E-state index in [1.54, 1.807) is 11.7 Å². The number of carbonyl (C=O) groups is 1. The summed E-state index contributed by atoms with van der Waals surface area (Å²) < 4.78 is 6.56. The quantitative estimate of drug-likeness (QED) is 0.596. The lowest BCUT2D eigenvalue weighted by atomic mass is 9.99. The number of piperidine rings is 1. The van der Waals surface area contributed by atoms with Gasteiger partial charge in [-0.15, -0.1) is 5.10 Å². The summed E-state index contributed by atoms with van der Waals surface area (Å²) in [5.41, 5.74) is -0.238. The maximum Gasteiger partial charge on any atom is 0.343 e. The van der Waals surface area contributed by atoms with Crippen molar-refractivity contribution in [3.8, 4) is 0 Å². The van der Waals surface area contributed by atoms with Crippen molar-refractivity contribution in [3.05, 3.63) is 10.5 Å². The summed E-state index contributed by atoms with van der Waals surface area (Å²) in [6, 6.07) is 0. The molecule has 0 saturated carbocycles. The highest BCUT2D eigenvalue weighted by molar-refractivity contribution is 7.99. The smallest absolute Gasteiger partial charge is 0.343 e.